The van der Waals surface area contributed by atoms with E-state index in [2.05, 4.69) is 15.3 Å². The molecule has 0 atom stereocenters. The van der Waals surface area contributed by atoms with Gasteiger partial charge in [0, 0.05) is 33.6 Å². The predicted octanol–water partition coefficient (Wildman–Crippen LogP) is 4.97. The minimum atomic E-state index is -0.307. The fourth-order valence-corrected chi connectivity index (χ4v) is 4.12. The molecule has 28 heavy (non-hydrogen) atoms. The van der Waals surface area contributed by atoms with E-state index in [-0.39, 0.29) is 5.91 Å². The molecular weight excluding hydrogens is 398 g/mol. The molecule has 2 aromatic carbocycles. The third-order valence-corrected chi connectivity index (χ3v) is 5.49. The molecule has 0 saturated heterocycles. The molecule has 0 unspecified atom stereocenters. The molecule has 6 nitrogen and oxygen atoms in total. The van der Waals surface area contributed by atoms with Gasteiger partial charge >= 0.3 is 0 Å². The summed E-state index contributed by atoms with van der Waals surface area (Å²) in [6.07, 6.45) is 1.92. The van der Waals surface area contributed by atoms with Crippen molar-refractivity contribution < 1.29 is 14.3 Å². The van der Waals surface area contributed by atoms with Crippen molar-refractivity contribution in [2.45, 2.75) is 0 Å². The second-order valence-electron chi connectivity index (χ2n) is 6.22. The van der Waals surface area contributed by atoms with Crippen LogP contribution in [0.1, 0.15) is 10.4 Å². The van der Waals surface area contributed by atoms with Crippen LogP contribution in [-0.4, -0.2) is 29.1 Å². The molecule has 1 aliphatic rings. The number of rotatable bonds is 3. The number of para-hydroxylation sites is 1. The first-order chi connectivity index (χ1) is 13.7. The van der Waals surface area contributed by atoms with Crippen LogP contribution in [0.5, 0.6) is 11.5 Å². The number of carbonyl (C=O) groups excluding carboxylic acids is 1. The first kappa shape index (κ1) is 17.1. The summed E-state index contributed by atoms with van der Waals surface area (Å²) in [5.41, 5.74) is 3.23. The number of aromatic nitrogens is 2. The highest BCUT2D eigenvalue weighted by molar-refractivity contribution is 7.14. The lowest BCUT2D eigenvalue weighted by molar-refractivity contribution is 0.102. The largest absolute Gasteiger partial charge is 0.486 e. The molecule has 140 valence electrons. The van der Waals surface area contributed by atoms with E-state index in [1.807, 2.05) is 35.8 Å². The van der Waals surface area contributed by atoms with Gasteiger partial charge in [0.2, 0.25) is 0 Å². The maximum atomic E-state index is 12.7. The fraction of sp³-hybridized carbons (Fsp3) is 0.100. The van der Waals surface area contributed by atoms with Crippen molar-refractivity contribution in [2.24, 2.45) is 0 Å². The van der Waals surface area contributed by atoms with Gasteiger partial charge in [-0.1, -0.05) is 29.8 Å². The minimum Gasteiger partial charge on any atom is -0.486 e. The zero-order valence-corrected chi connectivity index (χ0v) is 16.1. The van der Waals surface area contributed by atoms with Gasteiger partial charge in [-0.25, -0.2) is 4.98 Å². The van der Waals surface area contributed by atoms with Gasteiger partial charge in [0.25, 0.3) is 5.91 Å². The summed E-state index contributed by atoms with van der Waals surface area (Å²) >= 11 is 7.59. The van der Waals surface area contributed by atoms with Crippen molar-refractivity contribution in [3.8, 4) is 22.8 Å². The second kappa shape index (κ2) is 6.85. The van der Waals surface area contributed by atoms with Crippen molar-refractivity contribution in [3.63, 3.8) is 0 Å². The number of hydrogen-bond acceptors (Lipinski definition) is 5. The van der Waals surface area contributed by atoms with E-state index in [9.17, 15) is 4.79 Å². The van der Waals surface area contributed by atoms with Gasteiger partial charge in [0.15, 0.2) is 16.6 Å². The van der Waals surface area contributed by atoms with Gasteiger partial charge in [-0.3, -0.25) is 10.1 Å². The lowest BCUT2D eigenvalue weighted by Gasteiger charge is -2.20. The first-order valence-corrected chi connectivity index (χ1v) is 9.87. The Morgan fingerprint density at radius 1 is 1.21 bits per heavy atom. The topological polar surface area (TPSA) is 76.2 Å². The predicted molar refractivity (Wildman–Crippen MR) is 110 cm³/mol. The zero-order chi connectivity index (χ0) is 19.1. The third kappa shape index (κ3) is 2.98. The van der Waals surface area contributed by atoms with Crippen LogP contribution in [-0.2, 0) is 0 Å². The Hall–Kier alpha value is -3.03. The smallest absolute Gasteiger partial charge is 0.257 e. The highest BCUT2D eigenvalue weighted by atomic mass is 35.5. The number of nitrogens with one attached hydrogen (secondary N) is 2. The van der Waals surface area contributed by atoms with E-state index >= 15 is 0 Å². The van der Waals surface area contributed by atoms with Crippen LogP contribution in [0.4, 0.5) is 5.13 Å². The maximum Gasteiger partial charge on any atom is 0.257 e. The van der Waals surface area contributed by atoms with Gasteiger partial charge in [0.05, 0.1) is 10.7 Å². The zero-order valence-electron chi connectivity index (χ0n) is 14.5. The number of aromatic amines is 1. The van der Waals surface area contributed by atoms with Crippen LogP contribution >= 0.6 is 22.9 Å². The molecular formula is C20H14ClN3O3S. The highest BCUT2D eigenvalue weighted by Crippen LogP contribution is 2.38. The SMILES string of the molecule is O=C(Nc1nc(-c2c[nH]c3ccccc23)cs1)c1cc(Cl)c2c(c1)OCCO2. The number of anilines is 1. The monoisotopic (exact) mass is 411 g/mol. The van der Waals surface area contributed by atoms with Crippen molar-refractivity contribution in [1.29, 1.82) is 0 Å². The minimum absolute atomic E-state index is 0.307. The number of amides is 1. The molecule has 1 aliphatic heterocycles. The number of carbonyl (C=O) groups is 1. The summed E-state index contributed by atoms with van der Waals surface area (Å²) in [7, 11) is 0. The van der Waals surface area contributed by atoms with Crippen LogP contribution in [0.15, 0.2) is 48.0 Å². The van der Waals surface area contributed by atoms with Crippen LogP contribution in [0, 0.1) is 0 Å². The van der Waals surface area contributed by atoms with Gasteiger partial charge < -0.3 is 14.5 Å². The summed E-state index contributed by atoms with van der Waals surface area (Å²) in [6.45, 7) is 0.864. The molecule has 0 radical (unpaired) electrons. The molecule has 2 aromatic heterocycles. The molecule has 5 rings (SSSR count). The van der Waals surface area contributed by atoms with Crippen LogP contribution < -0.4 is 14.8 Å². The Morgan fingerprint density at radius 2 is 2.07 bits per heavy atom. The van der Waals surface area contributed by atoms with E-state index in [4.69, 9.17) is 21.1 Å². The second-order valence-corrected chi connectivity index (χ2v) is 7.49. The van der Waals surface area contributed by atoms with Gasteiger partial charge in [-0.05, 0) is 18.2 Å². The number of benzene rings is 2. The average molecular weight is 412 g/mol. The van der Waals surface area contributed by atoms with Gasteiger partial charge in [-0.2, -0.15) is 0 Å². The lowest BCUT2D eigenvalue weighted by atomic mass is 10.1. The van der Waals surface area contributed by atoms with Crippen molar-refractivity contribution in [2.75, 3.05) is 18.5 Å². The van der Waals surface area contributed by atoms with Crippen LogP contribution in [0.3, 0.4) is 0 Å². The highest BCUT2D eigenvalue weighted by Gasteiger charge is 2.20. The Labute approximate surface area is 169 Å². The van der Waals surface area contributed by atoms with E-state index < -0.39 is 0 Å². The molecule has 0 spiro atoms. The number of nitrogens with zero attached hydrogens (tertiary/aromatic N) is 1. The standard InChI is InChI=1S/C20H14ClN3O3S/c21-14-7-11(8-17-18(14)27-6-5-26-17)19(25)24-20-23-16(10-28-20)13-9-22-15-4-2-1-3-12(13)15/h1-4,7-10,22H,5-6H2,(H,23,24,25). The fourth-order valence-electron chi connectivity index (χ4n) is 3.15. The van der Waals surface area contributed by atoms with E-state index in [1.54, 1.807) is 12.1 Å². The van der Waals surface area contributed by atoms with Crippen molar-refractivity contribution >= 4 is 44.9 Å². The molecule has 0 aliphatic carbocycles. The number of fused-ring (bicyclic) bond motifs is 2. The molecule has 4 aromatic rings. The molecule has 0 bridgehead atoms. The number of H-pyrrole nitrogens is 1. The Morgan fingerprint density at radius 3 is 3.00 bits per heavy atom. The molecule has 8 heteroatoms. The van der Waals surface area contributed by atoms with Crippen molar-refractivity contribution in [3.05, 3.63) is 58.6 Å². The number of halogens is 1. The molecule has 3 heterocycles. The van der Waals surface area contributed by atoms with E-state index in [1.165, 1.54) is 11.3 Å². The Bertz CT molecular complexity index is 1200. The molecule has 1 amide bonds. The van der Waals surface area contributed by atoms with Gasteiger partial charge in [-0.15, -0.1) is 11.3 Å². The van der Waals surface area contributed by atoms with E-state index in [0.29, 0.717) is 40.4 Å². The first-order valence-electron chi connectivity index (χ1n) is 8.61. The number of hydrogen-bond donors (Lipinski definition) is 2. The number of ether oxygens (including phenoxy) is 2. The molecule has 0 fully saturated rings. The van der Waals surface area contributed by atoms with Crippen molar-refractivity contribution in [1.82, 2.24) is 9.97 Å². The normalized spacial score (nSPS) is 12.9. The van der Waals surface area contributed by atoms with E-state index in [0.717, 1.165) is 22.2 Å². The Kier molecular flexibility index (Phi) is 4.18. The number of thiazole rings is 1. The molecule has 0 saturated carbocycles. The van der Waals surface area contributed by atoms with Crippen LogP contribution in [0.2, 0.25) is 5.02 Å². The summed E-state index contributed by atoms with van der Waals surface area (Å²) in [6, 6.07) is 11.2. The maximum absolute atomic E-state index is 12.7. The summed E-state index contributed by atoms with van der Waals surface area (Å²) in [5.74, 6) is 0.640. The Balaban J connectivity index is 1.40. The third-order valence-electron chi connectivity index (χ3n) is 4.45. The van der Waals surface area contributed by atoms with Crippen LogP contribution in [0.25, 0.3) is 22.2 Å². The van der Waals surface area contributed by atoms with Gasteiger partial charge in [0.1, 0.15) is 13.2 Å². The lowest BCUT2D eigenvalue weighted by Crippen LogP contribution is -2.17. The summed E-state index contributed by atoms with van der Waals surface area (Å²) in [4.78, 5) is 20.4. The molecule has 2 N–H and O–H groups in total. The summed E-state index contributed by atoms with van der Waals surface area (Å²) in [5, 5.41) is 6.69. The quantitative estimate of drug-likeness (QED) is 0.499. The summed E-state index contributed by atoms with van der Waals surface area (Å²) < 4.78 is 11.0. The average Bonchev–Trinajstić information content (AvgIpc) is 3.34.